The molecule has 8 heteroatoms. The van der Waals surface area contributed by atoms with Crippen molar-refractivity contribution < 1.29 is 4.79 Å². The molecule has 1 aromatic carbocycles. The van der Waals surface area contributed by atoms with E-state index in [4.69, 9.17) is 0 Å². The molecule has 3 heterocycles. The van der Waals surface area contributed by atoms with Gasteiger partial charge in [-0.1, -0.05) is 18.2 Å². The summed E-state index contributed by atoms with van der Waals surface area (Å²) in [6.45, 7) is 4.91. The summed E-state index contributed by atoms with van der Waals surface area (Å²) in [6.07, 6.45) is 1.84. The Labute approximate surface area is 156 Å². The van der Waals surface area contributed by atoms with E-state index in [2.05, 4.69) is 20.3 Å². The van der Waals surface area contributed by atoms with Gasteiger partial charge in [-0.2, -0.15) is 10.2 Å². The molecule has 0 bridgehead atoms. The molecular formula is C19H22N6O2. The third-order valence-electron chi connectivity index (χ3n) is 5.09. The highest BCUT2D eigenvalue weighted by Crippen LogP contribution is 2.24. The number of carbonyl (C=O) groups excluding carboxylic acids is 1. The number of amides is 1. The van der Waals surface area contributed by atoms with Crippen LogP contribution in [0.3, 0.4) is 0 Å². The summed E-state index contributed by atoms with van der Waals surface area (Å²) in [5.74, 6) is 1.55. The second-order valence-electron chi connectivity index (χ2n) is 7.05. The number of hydrogen-bond acceptors (Lipinski definition) is 5. The molecule has 0 spiro atoms. The van der Waals surface area contributed by atoms with Crippen LogP contribution >= 0.6 is 0 Å². The summed E-state index contributed by atoms with van der Waals surface area (Å²) in [5, 5.41) is 12.9. The molecule has 1 aliphatic rings. The molecule has 0 saturated carbocycles. The summed E-state index contributed by atoms with van der Waals surface area (Å²) in [7, 11) is 0. The molecule has 1 aliphatic heterocycles. The van der Waals surface area contributed by atoms with Crippen molar-refractivity contribution in [1.82, 2.24) is 29.9 Å². The molecule has 0 radical (unpaired) electrons. The Balaban J connectivity index is 1.54. The van der Waals surface area contributed by atoms with Crippen LogP contribution in [0.4, 0.5) is 0 Å². The molecule has 0 unspecified atom stereocenters. The van der Waals surface area contributed by atoms with Crippen LogP contribution in [0.25, 0.3) is 10.8 Å². The summed E-state index contributed by atoms with van der Waals surface area (Å²) >= 11 is 0. The number of carbonyl (C=O) groups is 1. The molecule has 4 rings (SSSR count). The number of nitrogens with one attached hydrogen (secondary N) is 1. The number of aryl methyl sites for hydroxylation is 2. The van der Waals surface area contributed by atoms with Gasteiger partial charge in [-0.25, -0.2) is 9.67 Å². The summed E-state index contributed by atoms with van der Waals surface area (Å²) < 4.78 is 1.28. The molecule has 0 aliphatic carbocycles. The van der Waals surface area contributed by atoms with Gasteiger partial charge >= 0.3 is 0 Å². The van der Waals surface area contributed by atoms with Crippen LogP contribution in [-0.2, 0) is 11.3 Å². The normalized spacial score (nSPS) is 17.4. The summed E-state index contributed by atoms with van der Waals surface area (Å²) in [6, 6.07) is 7.35. The van der Waals surface area contributed by atoms with E-state index in [1.54, 1.807) is 11.0 Å². The molecule has 27 heavy (non-hydrogen) atoms. The molecule has 1 saturated heterocycles. The first-order valence-corrected chi connectivity index (χ1v) is 9.16. The van der Waals surface area contributed by atoms with Gasteiger partial charge in [0, 0.05) is 24.4 Å². The minimum Gasteiger partial charge on any atom is -0.340 e. The zero-order chi connectivity index (χ0) is 19.0. The van der Waals surface area contributed by atoms with Gasteiger partial charge in [0.05, 0.1) is 11.1 Å². The number of piperidine rings is 1. The Morgan fingerprint density at radius 2 is 2.04 bits per heavy atom. The monoisotopic (exact) mass is 366 g/mol. The Hall–Kier alpha value is -3.03. The molecule has 8 nitrogen and oxygen atoms in total. The molecular weight excluding hydrogens is 344 g/mol. The van der Waals surface area contributed by atoms with Crippen molar-refractivity contribution in [2.24, 2.45) is 0 Å². The third kappa shape index (κ3) is 3.34. The van der Waals surface area contributed by atoms with Gasteiger partial charge in [-0.3, -0.25) is 14.7 Å². The predicted octanol–water partition coefficient (Wildman–Crippen LogP) is 1.54. The second kappa shape index (κ2) is 6.94. The number of likely N-dealkylation sites (tertiary alicyclic amines) is 1. The average molecular weight is 366 g/mol. The molecule has 1 amide bonds. The number of benzene rings is 1. The quantitative estimate of drug-likeness (QED) is 0.758. The summed E-state index contributed by atoms with van der Waals surface area (Å²) in [4.78, 5) is 31.7. The van der Waals surface area contributed by atoms with Crippen molar-refractivity contribution in [2.75, 3.05) is 13.1 Å². The molecule has 1 N–H and O–H groups in total. The Kier molecular flexibility index (Phi) is 4.47. The van der Waals surface area contributed by atoms with Crippen molar-refractivity contribution in [3.63, 3.8) is 0 Å². The van der Waals surface area contributed by atoms with Gasteiger partial charge in [0.1, 0.15) is 12.4 Å². The van der Waals surface area contributed by atoms with E-state index in [-0.39, 0.29) is 23.9 Å². The first kappa shape index (κ1) is 17.4. The van der Waals surface area contributed by atoms with Crippen molar-refractivity contribution in [3.05, 3.63) is 52.0 Å². The van der Waals surface area contributed by atoms with Gasteiger partial charge in [0.25, 0.3) is 5.56 Å². The fraction of sp³-hybridized carbons (Fsp3) is 0.421. The van der Waals surface area contributed by atoms with E-state index < -0.39 is 0 Å². The van der Waals surface area contributed by atoms with E-state index in [0.717, 1.165) is 35.6 Å². The van der Waals surface area contributed by atoms with Crippen LogP contribution in [-0.4, -0.2) is 48.9 Å². The van der Waals surface area contributed by atoms with Gasteiger partial charge in [-0.15, -0.1) is 0 Å². The lowest BCUT2D eigenvalue weighted by molar-refractivity contribution is -0.133. The number of aromatic amines is 1. The number of nitrogens with zero attached hydrogens (tertiary/aromatic N) is 5. The molecule has 2 aromatic heterocycles. The lowest BCUT2D eigenvalue weighted by Crippen LogP contribution is -2.42. The van der Waals surface area contributed by atoms with Crippen LogP contribution in [0.5, 0.6) is 0 Å². The smallest absolute Gasteiger partial charge is 0.275 e. The first-order valence-electron chi connectivity index (χ1n) is 9.16. The second-order valence-corrected chi connectivity index (χ2v) is 7.05. The van der Waals surface area contributed by atoms with Gasteiger partial charge in [-0.05, 0) is 32.8 Å². The van der Waals surface area contributed by atoms with E-state index >= 15 is 0 Å². The molecule has 1 fully saturated rings. The lowest BCUT2D eigenvalue weighted by atomic mass is 9.97. The van der Waals surface area contributed by atoms with E-state index in [9.17, 15) is 9.59 Å². The maximum atomic E-state index is 12.8. The zero-order valence-electron chi connectivity index (χ0n) is 15.5. The maximum Gasteiger partial charge on any atom is 0.275 e. The van der Waals surface area contributed by atoms with Gasteiger partial charge < -0.3 is 4.90 Å². The highest BCUT2D eigenvalue weighted by molar-refractivity contribution is 5.83. The molecule has 3 aromatic rings. The van der Waals surface area contributed by atoms with E-state index in [0.29, 0.717) is 18.5 Å². The molecule has 140 valence electrons. The number of rotatable bonds is 3. The Morgan fingerprint density at radius 3 is 2.78 bits per heavy atom. The van der Waals surface area contributed by atoms with Crippen LogP contribution < -0.4 is 5.56 Å². The predicted molar refractivity (Wildman–Crippen MR) is 100 cm³/mol. The summed E-state index contributed by atoms with van der Waals surface area (Å²) in [5.41, 5.74) is 0.508. The fourth-order valence-electron chi connectivity index (χ4n) is 3.70. The largest absolute Gasteiger partial charge is 0.340 e. The van der Waals surface area contributed by atoms with Crippen molar-refractivity contribution in [1.29, 1.82) is 0 Å². The minimum absolute atomic E-state index is 0.0513. The van der Waals surface area contributed by atoms with E-state index in [1.165, 1.54) is 4.68 Å². The minimum atomic E-state index is -0.234. The van der Waals surface area contributed by atoms with Gasteiger partial charge in [0.15, 0.2) is 5.82 Å². The average Bonchev–Trinajstić information content (AvgIpc) is 3.12. The number of hydrogen-bond donors (Lipinski definition) is 1. The van der Waals surface area contributed by atoms with Crippen LogP contribution in [0.15, 0.2) is 29.1 Å². The topological polar surface area (TPSA) is 96.8 Å². The maximum absolute atomic E-state index is 12.8. The zero-order valence-corrected chi connectivity index (χ0v) is 15.5. The highest BCUT2D eigenvalue weighted by Gasteiger charge is 2.27. The van der Waals surface area contributed by atoms with Crippen LogP contribution in [0.1, 0.15) is 36.1 Å². The number of aromatic nitrogens is 5. The Morgan fingerprint density at radius 1 is 1.26 bits per heavy atom. The lowest BCUT2D eigenvalue weighted by Gasteiger charge is -2.31. The SMILES string of the molecule is Cc1nc([C@@H]2CCCN(C(=O)Cn3nc(C)c4ccccc4c3=O)C2)n[nH]1. The van der Waals surface area contributed by atoms with Crippen molar-refractivity contribution in [3.8, 4) is 0 Å². The van der Waals surface area contributed by atoms with Crippen molar-refractivity contribution >= 4 is 16.7 Å². The number of fused-ring (bicyclic) bond motifs is 1. The fourth-order valence-corrected chi connectivity index (χ4v) is 3.70. The highest BCUT2D eigenvalue weighted by atomic mass is 16.2. The number of H-pyrrole nitrogens is 1. The van der Waals surface area contributed by atoms with Gasteiger partial charge in [0.2, 0.25) is 5.91 Å². The standard InChI is InChI=1S/C19H22N6O2/c1-12-15-7-3-4-8-16(15)19(27)25(23-12)11-17(26)24-9-5-6-14(10-24)18-20-13(2)21-22-18/h3-4,7-8,14H,5-6,9-11H2,1-2H3,(H,20,21,22)/t14-/m1/s1. The van der Waals surface area contributed by atoms with Crippen LogP contribution in [0, 0.1) is 13.8 Å². The van der Waals surface area contributed by atoms with Crippen LogP contribution in [0.2, 0.25) is 0 Å². The Bertz CT molecular complexity index is 1050. The van der Waals surface area contributed by atoms with Crippen molar-refractivity contribution in [2.45, 2.75) is 39.2 Å². The first-order chi connectivity index (χ1) is 13.0. The third-order valence-corrected chi connectivity index (χ3v) is 5.09. The van der Waals surface area contributed by atoms with E-state index in [1.807, 2.05) is 32.0 Å². The molecule has 1 atom stereocenters.